The van der Waals surface area contributed by atoms with Crippen molar-refractivity contribution in [2.45, 2.75) is 59.8 Å². The summed E-state index contributed by atoms with van der Waals surface area (Å²) in [5.41, 5.74) is 4.18. The van der Waals surface area contributed by atoms with Gasteiger partial charge >= 0.3 is 0 Å². The van der Waals surface area contributed by atoms with E-state index < -0.39 is 0 Å². The Hall–Kier alpha value is -1.70. The van der Waals surface area contributed by atoms with Gasteiger partial charge in [-0.05, 0) is 69.6 Å². The molecule has 0 spiro atoms. The van der Waals surface area contributed by atoms with Gasteiger partial charge in [-0.15, -0.1) is 0 Å². The third kappa shape index (κ3) is 6.43. The van der Waals surface area contributed by atoms with E-state index in [0.29, 0.717) is 6.61 Å². The van der Waals surface area contributed by atoms with Crippen LogP contribution in [-0.2, 0) is 6.42 Å². The quantitative estimate of drug-likeness (QED) is 0.536. The van der Waals surface area contributed by atoms with Crippen LogP contribution in [0.2, 0.25) is 0 Å². The minimum atomic E-state index is 0.624. The molecule has 0 fully saturated rings. The van der Waals surface area contributed by atoms with E-state index in [0.717, 1.165) is 49.7 Å². The number of benzene rings is 1. The predicted octanol–water partition coefficient (Wildman–Crippen LogP) is 6.11. The topological polar surface area (TPSA) is 18.5 Å². The Bertz CT molecular complexity index is 582. The monoisotopic (exact) mass is 328 g/mol. The molecule has 1 aliphatic heterocycles. The maximum Gasteiger partial charge on any atom is 0.126 e. The van der Waals surface area contributed by atoms with Crippen LogP contribution in [0.1, 0.15) is 58.9 Å². The van der Waals surface area contributed by atoms with Gasteiger partial charge in [-0.2, -0.15) is 0 Å². The number of rotatable bonds is 8. The van der Waals surface area contributed by atoms with E-state index in [1.807, 2.05) is 6.07 Å². The number of hydrogen-bond donors (Lipinski definition) is 0. The van der Waals surface area contributed by atoms with Gasteiger partial charge in [-0.3, -0.25) is 0 Å². The Balaban J connectivity index is 1.75. The highest BCUT2D eigenvalue weighted by Crippen LogP contribution is 2.29. The van der Waals surface area contributed by atoms with Gasteiger partial charge in [0.05, 0.1) is 6.61 Å². The summed E-state index contributed by atoms with van der Waals surface area (Å²) in [6, 6.07) is 6.20. The summed E-state index contributed by atoms with van der Waals surface area (Å²) in [6.45, 7) is 10.4. The molecule has 0 atom stereocenters. The second kappa shape index (κ2) is 9.56. The van der Waals surface area contributed by atoms with E-state index in [4.69, 9.17) is 9.47 Å². The molecule has 0 aliphatic carbocycles. The first-order valence-electron chi connectivity index (χ1n) is 9.24. The molecule has 1 heterocycles. The van der Waals surface area contributed by atoms with E-state index in [2.05, 4.69) is 52.0 Å². The summed E-state index contributed by atoms with van der Waals surface area (Å²) in [7, 11) is 0. The van der Waals surface area contributed by atoms with Gasteiger partial charge in [0.1, 0.15) is 18.1 Å². The van der Waals surface area contributed by atoms with Crippen molar-refractivity contribution in [3.05, 3.63) is 47.1 Å². The van der Waals surface area contributed by atoms with E-state index in [1.165, 1.54) is 23.1 Å². The van der Waals surface area contributed by atoms with Crippen LogP contribution >= 0.6 is 0 Å². The van der Waals surface area contributed by atoms with Crippen molar-refractivity contribution in [1.29, 1.82) is 0 Å². The van der Waals surface area contributed by atoms with Gasteiger partial charge in [-0.25, -0.2) is 0 Å². The zero-order valence-electron chi connectivity index (χ0n) is 15.7. The predicted molar refractivity (Wildman–Crippen MR) is 102 cm³/mol. The fourth-order valence-corrected chi connectivity index (χ4v) is 3.07. The lowest BCUT2D eigenvalue weighted by Gasteiger charge is -2.17. The van der Waals surface area contributed by atoms with Crippen molar-refractivity contribution < 1.29 is 9.47 Å². The SMILES string of the molecule is C/C(=C\COc1ccc2c(c1)OCCC2)CC/C=C(\C)CC(C)C. The molecule has 0 bridgehead atoms. The van der Waals surface area contributed by atoms with Crippen molar-refractivity contribution in [1.82, 2.24) is 0 Å². The molecule has 2 heteroatoms. The molecule has 0 radical (unpaired) electrons. The maximum atomic E-state index is 5.85. The largest absolute Gasteiger partial charge is 0.493 e. The zero-order valence-corrected chi connectivity index (χ0v) is 15.7. The average Bonchev–Trinajstić information content (AvgIpc) is 2.54. The molecule has 0 saturated heterocycles. The number of hydrogen-bond acceptors (Lipinski definition) is 2. The first-order chi connectivity index (χ1) is 11.5. The van der Waals surface area contributed by atoms with Gasteiger partial charge in [0, 0.05) is 6.07 Å². The lowest BCUT2D eigenvalue weighted by atomic mass is 10.0. The summed E-state index contributed by atoms with van der Waals surface area (Å²) < 4.78 is 11.5. The molecule has 2 nitrogen and oxygen atoms in total. The molecule has 24 heavy (non-hydrogen) atoms. The highest BCUT2D eigenvalue weighted by Gasteiger charge is 2.10. The molecule has 0 amide bonds. The van der Waals surface area contributed by atoms with Crippen molar-refractivity contribution >= 4 is 0 Å². The Morgan fingerprint density at radius 2 is 2.04 bits per heavy atom. The first-order valence-corrected chi connectivity index (χ1v) is 9.24. The Morgan fingerprint density at radius 1 is 1.21 bits per heavy atom. The smallest absolute Gasteiger partial charge is 0.126 e. The average molecular weight is 328 g/mol. The Kier molecular flexibility index (Phi) is 7.42. The standard InChI is InChI=1S/C22H32O2/c1-17(2)15-19(4)8-5-7-18(3)12-14-23-21-11-10-20-9-6-13-24-22(20)16-21/h8,10-12,16-17H,5-7,9,13-15H2,1-4H3/b18-12+,19-8+. The van der Waals surface area contributed by atoms with Crippen LogP contribution in [0.4, 0.5) is 0 Å². The summed E-state index contributed by atoms with van der Waals surface area (Å²) >= 11 is 0. The maximum absolute atomic E-state index is 5.85. The fourth-order valence-electron chi connectivity index (χ4n) is 3.07. The summed E-state index contributed by atoms with van der Waals surface area (Å²) in [6.07, 6.45) is 10.2. The van der Waals surface area contributed by atoms with Crippen LogP contribution in [0.25, 0.3) is 0 Å². The number of fused-ring (bicyclic) bond motifs is 1. The lowest BCUT2D eigenvalue weighted by Crippen LogP contribution is -2.08. The third-order valence-electron chi connectivity index (χ3n) is 4.33. The summed E-state index contributed by atoms with van der Waals surface area (Å²) in [5, 5.41) is 0. The Morgan fingerprint density at radius 3 is 2.83 bits per heavy atom. The van der Waals surface area contributed by atoms with Crippen LogP contribution in [0, 0.1) is 5.92 Å². The van der Waals surface area contributed by atoms with Crippen molar-refractivity contribution in [3.8, 4) is 11.5 Å². The van der Waals surface area contributed by atoms with Crippen LogP contribution in [0.5, 0.6) is 11.5 Å². The molecule has 0 aromatic heterocycles. The van der Waals surface area contributed by atoms with E-state index in [9.17, 15) is 0 Å². The van der Waals surface area contributed by atoms with Crippen molar-refractivity contribution in [2.75, 3.05) is 13.2 Å². The molecule has 2 rings (SSSR count). The minimum absolute atomic E-state index is 0.624. The van der Waals surface area contributed by atoms with Gasteiger partial charge in [0.15, 0.2) is 0 Å². The second-order valence-corrected chi connectivity index (χ2v) is 7.27. The first kappa shape index (κ1) is 18.6. The third-order valence-corrected chi connectivity index (χ3v) is 4.33. The van der Waals surface area contributed by atoms with Crippen LogP contribution < -0.4 is 9.47 Å². The molecule has 0 unspecified atom stereocenters. The Labute approximate surface area is 147 Å². The highest BCUT2D eigenvalue weighted by atomic mass is 16.5. The fraction of sp³-hybridized carbons (Fsp3) is 0.545. The second-order valence-electron chi connectivity index (χ2n) is 7.27. The molecule has 0 N–H and O–H groups in total. The molecular weight excluding hydrogens is 296 g/mol. The lowest BCUT2D eigenvalue weighted by molar-refractivity contribution is 0.284. The van der Waals surface area contributed by atoms with E-state index >= 15 is 0 Å². The van der Waals surface area contributed by atoms with Gasteiger partial charge < -0.3 is 9.47 Å². The van der Waals surface area contributed by atoms with Crippen LogP contribution in [0.3, 0.4) is 0 Å². The number of ether oxygens (including phenoxy) is 2. The highest BCUT2D eigenvalue weighted by molar-refractivity contribution is 5.41. The summed E-state index contributed by atoms with van der Waals surface area (Å²) in [4.78, 5) is 0. The van der Waals surface area contributed by atoms with Gasteiger partial charge in [0.25, 0.3) is 0 Å². The minimum Gasteiger partial charge on any atom is -0.493 e. The molecule has 1 aromatic carbocycles. The summed E-state index contributed by atoms with van der Waals surface area (Å²) in [5.74, 6) is 2.63. The molecular formula is C22H32O2. The van der Waals surface area contributed by atoms with Crippen molar-refractivity contribution in [2.24, 2.45) is 5.92 Å². The number of allylic oxidation sites excluding steroid dienone is 3. The van der Waals surface area contributed by atoms with Gasteiger partial charge in [-0.1, -0.05) is 37.1 Å². The normalized spacial score (nSPS) is 15.2. The van der Waals surface area contributed by atoms with E-state index in [1.54, 1.807) is 0 Å². The molecule has 0 saturated carbocycles. The van der Waals surface area contributed by atoms with Crippen LogP contribution in [0.15, 0.2) is 41.5 Å². The van der Waals surface area contributed by atoms with E-state index in [-0.39, 0.29) is 0 Å². The molecule has 1 aromatic rings. The van der Waals surface area contributed by atoms with Gasteiger partial charge in [0.2, 0.25) is 0 Å². The van der Waals surface area contributed by atoms with Crippen LogP contribution in [-0.4, -0.2) is 13.2 Å². The van der Waals surface area contributed by atoms with Crippen molar-refractivity contribution in [3.63, 3.8) is 0 Å². The molecule has 1 aliphatic rings. The zero-order chi connectivity index (χ0) is 17.4. The number of aryl methyl sites for hydroxylation is 1. The molecule has 132 valence electrons.